The fraction of sp³-hybridized carbons (Fsp3) is 0. The van der Waals surface area contributed by atoms with E-state index >= 15 is 0 Å². The van der Waals surface area contributed by atoms with Gasteiger partial charge in [-0.25, -0.2) is 13.8 Å². The Kier molecular flexibility index (Phi) is 3.88. The van der Waals surface area contributed by atoms with E-state index in [-0.39, 0.29) is 5.56 Å². The van der Waals surface area contributed by atoms with Crippen LogP contribution in [0.5, 0.6) is 0 Å². The van der Waals surface area contributed by atoms with E-state index in [9.17, 15) is 13.6 Å². The number of carbonyl (C=O) groups is 1. The van der Waals surface area contributed by atoms with Crippen molar-refractivity contribution in [2.45, 2.75) is 0 Å². The van der Waals surface area contributed by atoms with Crippen molar-refractivity contribution in [2.24, 2.45) is 0 Å². The molecule has 0 unspecified atom stereocenters. The summed E-state index contributed by atoms with van der Waals surface area (Å²) in [6.07, 6.45) is 3.31. The zero-order valence-electron chi connectivity index (χ0n) is 11.1. The average Bonchev–Trinajstić information content (AvgIpc) is 2.95. The first-order chi connectivity index (χ1) is 10.6. The Morgan fingerprint density at radius 2 is 1.95 bits per heavy atom. The van der Waals surface area contributed by atoms with Crippen LogP contribution in [-0.2, 0) is 0 Å². The van der Waals surface area contributed by atoms with Crippen LogP contribution < -0.4 is 5.32 Å². The second-order valence-electron chi connectivity index (χ2n) is 4.39. The van der Waals surface area contributed by atoms with E-state index in [2.05, 4.69) is 15.3 Å². The van der Waals surface area contributed by atoms with Gasteiger partial charge >= 0.3 is 0 Å². The van der Waals surface area contributed by atoms with Crippen molar-refractivity contribution < 1.29 is 13.6 Å². The van der Waals surface area contributed by atoms with Crippen LogP contribution in [0.1, 0.15) is 10.4 Å². The summed E-state index contributed by atoms with van der Waals surface area (Å²) in [5, 5.41) is 4.62. The molecular weight excluding hydrogens is 308 g/mol. The van der Waals surface area contributed by atoms with E-state index in [0.29, 0.717) is 16.9 Å². The highest BCUT2D eigenvalue weighted by atomic mass is 32.1. The monoisotopic (exact) mass is 317 g/mol. The number of hydrogen-bond donors (Lipinski definition) is 1. The summed E-state index contributed by atoms with van der Waals surface area (Å²) in [6.45, 7) is 0. The van der Waals surface area contributed by atoms with Crippen molar-refractivity contribution in [2.75, 3.05) is 5.32 Å². The zero-order valence-corrected chi connectivity index (χ0v) is 11.9. The van der Waals surface area contributed by atoms with Gasteiger partial charge in [0.05, 0.1) is 5.69 Å². The first kappa shape index (κ1) is 14.3. The molecule has 2 heterocycles. The first-order valence-electron chi connectivity index (χ1n) is 6.25. The van der Waals surface area contributed by atoms with Gasteiger partial charge in [0.25, 0.3) is 5.91 Å². The quantitative estimate of drug-likeness (QED) is 0.800. The zero-order chi connectivity index (χ0) is 15.5. The highest BCUT2D eigenvalue weighted by Gasteiger charge is 2.12. The van der Waals surface area contributed by atoms with Crippen molar-refractivity contribution in [1.82, 2.24) is 9.97 Å². The van der Waals surface area contributed by atoms with Crippen LogP contribution in [0.4, 0.5) is 13.9 Å². The Morgan fingerprint density at radius 3 is 2.64 bits per heavy atom. The van der Waals surface area contributed by atoms with E-state index in [1.165, 1.54) is 11.3 Å². The molecule has 3 aromatic rings. The molecule has 22 heavy (non-hydrogen) atoms. The normalized spacial score (nSPS) is 10.5. The number of thiazole rings is 1. The number of carbonyl (C=O) groups excluding carboxylic acids is 1. The van der Waals surface area contributed by atoms with Crippen molar-refractivity contribution in [3.63, 3.8) is 0 Å². The molecule has 0 saturated heterocycles. The van der Waals surface area contributed by atoms with Crippen LogP contribution in [0, 0.1) is 11.6 Å². The fourth-order valence-electron chi connectivity index (χ4n) is 1.83. The number of pyridine rings is 1. The Balaban J connectivity index is 1.79. The molecule has 110 valence electrons. The van der Waals surface area contributed by atoms with Gasteiger partial charge in [0, 0.05) is 35.0 Å². The third-order valence-corrected chi connectivity index (χ3v) is 3.56. The highest BCUT2D eigenvalue weighted by Crippen LogP contribution is 2.24. The molecule has 1 amide bonds. The standard InChI is InChI=1S/C15H9F2N3OS/c16-11-4-10(5-12(17)6-11)14(21)20-15-19-13(8-22-15)9-2-1-3-18-7-9/h1-8H,(H,19,20,21). The van der Waals surface area contributed by atoms with Gasteiger partial charge in [-0.15, -0.1) is 11.3 Å². The molecule has 0 spiro atoms. The average molecular weight is 317 g/mol. The van der Waals surface area contributed by atoms with Gasteiger partial charge in [-0.2, -0.15) is 0 Å². The first-order valence-corrected chi connectivity index (χ1v) is 7.13. The predicted molar refractivity (Wildman–Crippen MR) is 79.7 cm³/mol. The molecule has 4 nitrogen and oxygen atoms in total. The lowest BCUT2D eigenvalue weighted by atomic mass is 10.2. The number of nitrogens with zero attached hydrogens (tertiary/aromatic N) is 2. The van der Waals surface area contributed by atoms with Gasteiger partial charge in [0.2, 0.25) is 0 Å². The molecule has 0 fully saturated rings. The number of halogens is 2. The fourth-order valence-corrected chi connectivity index (χ4v) is 2.55. The highest BCUT2D eigenvalue weighted by molar-refractivity contribution is 7.14. The van der Waals surface area contributed by atoms with Gasteiger partial charge < -0.3 is 0 Å². The predicted octanol–water partition coefficient (Wildman–Crippen LogP) is 3.74. The van der Waals surface area contributed by atoms with Crippen LogP contribution in [-0.4, -0.2) is 15.9 Å². The molecule has 7 heteroatoms. The molecule has 0 aliphatic carbocycles. The molecule has 0 aliphatic heterocycles. The Morgan fingerprint density at radius 1 is 1.18 bits per heavy atom. The minimum Gasteiger partial charge on any atom is -0.298 e. The van der Waals surface area contributed by atoms with Crippen molar-refractivity contribution in [1.29, 1.82) is 0 Å². The number of nitrogens with one attached hydrogen (secondary N) is 1. The molecule has 1 N–H and O–H groups in total. The van der Waals surface area contributed by atoms with Gasteiger partial charge in [-0.1, -0.05) is 0 Å². The topological polar surface area (TPSA) is 54.9 Å². The van der Waals surface area contributed by atoms with Crippen LogP contribution in [0.2, 0.25) is 0 Å². The summed E-state index contributed by atoms with van der Waals surface area (Å²) in [6, 6.07) is 6.26. The number of rotatable bonds is 3. The molecule has 0 bridgehead atoms. The molecular formula is C15H9F2N3OS. The minimum absolute atomic E-state index is 0.101. The number of benzene rings is 1. The van der Waals surface area contributed by atoms with Crippen molar-refractivity contribution in [3.8, 4) is 11.3 Å². The maximum Gasteiger partial charge on any atom is 0.257 e. The minimum atomic E-state index is -0.805. The van der Waals surface area contributed by atoms with E-state index < -0.39 is 17.5 Å². The SMILES string of the molecule is O=C(Nc1nc(-c2cccnc2)cs1)c1cc(F)cc(F)c1. The van der Waals surface area contributed by atoms with E-state index in [4.69, 9.17) is 0 Å². The largest absolute Gasteiger partial charge is 0.298 e. The molecule has 2 aromatic heterocycles. The maximum absolute atomic E-state index is 13.1. The van der Waals surface area contributed by atoms with Crippen LogP contribution in [0.25, 0.3) is 11.3 Å². The molecule has 0 saturated carbocycles. The number of amides is 1. The lowest BCUT2D eigenvalue weighted by Crippen LogP contribution is -2.12. The van der Waals surface area contributed by atoms with Gasteiger partial charge in [0.15, 0.2) is 5.13 Å². The molecule has 0 radical (unpaired) electrons. The van der Waals surface area contributed by atoms with Gasteiger partial charge in [0.1, 0.15) is 11.6 Å². The summed E-state index contributed by atoms with van der Waals surface area (Å²) < 4.78 is 26.2. The third kappa shape index (κ3) is 3.15. The van der Waals surface area contributed by atoms with Gasteiger partial charge in [-0.05, 0) is 24.3 Å². The molecule has 0 aliphatic rings. The summed E-state index contributed by atoms with van der Waals surface area (Å²) in [4.78, 5) is 20.2. The number of hydrogen-bond acceptors (Lipinski definition) is 4. The van der Waals surface area contributed by atoms with Crippen LogP contribution in [0.15, 0.2) is 48.1 Å². The Labute approximate surface area is 128 Å². The van der Waals surface area contributed by atoms with Crippen LogP contribution >= 0.6 is 11.3 Å². The number of anilines is 1. The summed E-state index contributed by atoms with van der Waals surface area (Å²) in [7, 11) is 0. The molecule has 0 atom stereocenters. The van der Waals surface area contributed by atoms with E-state index in [1.54, 1.807) is 23.8 Å². The molecule has 3 rings (SSSR count). The summed E-state index contributed by atoms with van der Waals surface area (Å²) in [5.74, 6) is -2.23. The van der Waals surface area contributed by atoms with Crippen LogP contribution in [0.3, 0.4) is 0 Å². The van der Waals surface area contributed by atoms with Crippen molar-refractivity contribution >= 4 is 22.4 Å². The summed E-state index contributed by atoms with van der Waals surface area (Å²) >= 11 is 1.22. The second-order valence-corrected chi connectivity index (χ2v) is 5.25. The van der Waals surface area contributed by atoms with Crippen molar-refractivity contribution in [3.05, 3.63) is 65.3 Å². The maximum atomic E-state index is 13.1. The molecule has 1 aromatic carbocycles. The van der Waals surface area contributed by atoms with Gasteiger partial charge in [-0.3, -0.25) is 15.1 Å². The lowest BCUT2D eigenvalue weighted by molar-refractivity contribution is 0.102. The number of aromatic nitrogens is 2. The van der Waals surface area contributed by atoms with E-state index in [0.717, 1.165) is 17.7 Å². The Bertz CT molecular complexity index is 800. The Hall–Kier alpha value is -2.67. The third-order valence-electron chi connectivity index (χ3n) is 2.81. The smallest absolute Gasteiger partial charge is 0.257 e. The lowest BCUT2D eigenvalue weighted by Gasteiger charge is -2.02. The van der Waals surface area contributed by atoms with E-state index in [1.807, 2.05) is 6.07 Å². The second kappa shape index (κ2) is 5.98. The summed E-state index contributed by atoms with van der Waals surface area (Å²) in [5.41, 5.74) is 1.38.